The molecule has 106 valence electrons. The second kappa shape index (κ2) is 5.16. The standard InChI is InChI=1S/C15H15N5O/c16-10-5-6-13-15(19-8-18-13)9(10)7-14(21)20-12-4-2-1-3-11(12)17/h1-6,8H,7,16-17H2,(H,18,19)(H,20,21). The maximum Gasteiger partial charge on any atom is 0.229 e. The zero-order valence-electron chi connectivity index (χ0n) is 11.3. The van der Waals surface area contributed by atoms with E-state index in [-0.39, 0.29) is 12.3 Å². The van der Waals surface area contributed by atoms with E-state index in [2.05, 4.69) is 15.3 Å². The first-order valence-electron chi connectivity index (χ1n) is 6.50. The molecule has 3 aromatic rings. The number of hydrogen-bond donors (Lipinski definition) is 4. The van der Waals surface area contributed by atoms with E-state index in [1.165, 1.54) is 0 Å². The van der Waals surface area contributed by atoms with Gasteiger partial charge in [-0.05, 0) is 24.3 Å². The Morgan fingerprint density at radius 2 is 1.95 bits per heavy atom. The van der Waals surface area contributed by atoms with Crippen molar-refractivity contribution in [1.29, 1.82) is 0 Å². The summed E-state index contributed by atoms with van der Waals surface area (Å²) in [6, 6.07) is 10.7. The highest BCUT2D eigenvalue weighted by Crippen LogP contribution is 2.23. The van der Waals surface area contributed by atoms with Crippen LogP contribution in [-0.4, -0.2) is 15.9 Å². The molecule has 1 amide bonds. The van der Waals surface area contributed by atoms with Gasteiger partial charge in [0, 0.05) is 11.3 Å². The Kier molecular flexibility index (Phi) is 3.19. The number of H-pyrrole nitrogens is 1. The molecule has 1 aromatic heterocycles. The number of hydrogen-bond acceptors (Lipinski definition) is 4. The summed E-state index contributed by atoms with van der Waals surface area (Å²) >= 11 is 0. The number of aromatic nitrogens is 2. The maximum absolute atomic E-state index is 12.2. The Bertz CT molecular complexity index is 809. The minimum atomic E-state index is -0.185. The molecule has 0 spiro atoms. The number of carbonyl (C=O) groups excluding carboxylic acids is 1. The minimum Gasteiger partial charge on any atom is -0.398 e. The first-order chi connectivity index (χ1) is 10.1. The number of benzene rings is 2. The van der Waals surface area contributed by atoms with Crippen molar-refractivity contribution in [2.24, 2.45) is 0 Å². The van der Waals surface area contributed by atoms with Gasteiger partial charge in [-0.2, -0.15) is 0 Å². The van der Waals surface area contributed by atoms with Gasteiger partial charge in [0.25, 0.3) is 0 Å². The SMILES string of the molecule is Nc1ccccc1NC(=O)Cc1c(N)ccc2[nH]cnc12. The lowest BCUT2D eigenvalue weighted by molar-refractivity contribution is -0.115. The van der Waals surface area contributed by atoms with E-state index in [1.807, 2.05) is 18.2 Å². The third kappa shape index (κ3) is 2.51. The van der Waals surface area contributed by atoms with Crippen molar-refractivity contribution < 1.29 is 4.79 Å². The predicted molar refractivity (Wildman–Crippen MR) is 83.7 cm³/mol. The average molecular weight is 281 g/mol. The fourth-order valence-electron chi connectivity index (χ4n) is 2.23. The molecule has 6 N–H and O–H groups in total. The summed E-state index contributed by atoms with van der Waals surface area (Å²) in [5, 5.41) is 2.79. The first kappa shape index (κ1) is 13.0. The number of rotatable bonds is 3. The van der Waals surface area contributed by atoms with Crippen molar-refractivity contribution in [2.75, 3.05) is 16.8 Å². The molecule has 0 radical (unpaired) electrons. The van der Waals surface area contributed by atoms with E-state index >= 15 is 0 Å². The molecular formula is C15H15N5O. The lowest BCUT2D eigenvalue weighted by Crippen LogP contribution is -2.16. The third-order valence-corrected chi connectivity index (χ3v) is 3.30. The number of nitrogens with zero attached hydrogens (tertiary/aromatic N) is 1. The largest absolute Gasteiger partial charge is 0.398 e. The normalized spacial score (nSPS) is 10.7. The van der Waals surface area contributed by atoms with Gasteiger partial charge in [-0.3, -0.25) is 4.79 Å². The maximum atomic E-state index is 12.2. The molecule has 0 aliphatic rings. The van der Waals surface area contributed by atoms with Crippen LogP contribution in [0.1, 0.15) is 5.56 Å². The number of nitrogens with two attached hydrogens (primary N) is 2. The Balaban J connectivity index is 1.85. The molecule has 0 aliphatic carbocycles. The van der Waals surface area contributed by atoms with Crippen molar-refractivity contribution in [2.45, 2.75) is 6.42 Å². The van der Waals surface area contributed by atoms with E-state index in [9.17, 15) is 4.79 Å². The Labute approximate surface area is 121 Å². The lowest BCUT2D eigenvalue weighted by Gasteiger charge is -2.09. The van der Waals surface area contributed by atoms with Crippen LogP contribution in [0.3, 0.4) is 0 Å². The van der Waals surface area contributed by atoms with Gasteiger partial charge in [0.1, 0.15) is 0 Å². The lowest BCUT2D eigenvalue weighted by atomic mass is 10.1. The molecule has 0 bridgehead atoms. The first-order valence-corrected chi connectivity index (χ1v) is 6.50. The van der Waals surface area contributed by atoms with Crippen molar-refractivity contribution in [3.8, 4) is 0 Å². The summed E-state index contributed by atoms with van der Waals surface area (Å²) in [4.78, 5) is 19.4. The third-order valence-electron chi connectivity index (χ3n) is 3.30. The molecule has 0 saturated carbocycles. The number of para-hydroxylation sites is 2. The predicted octanol–water partition coefficient (Wildman–Crippen LogP) is 1.91. The molecule has 6 heteroatoms. The van der Waals surface area contributed by atoms with Crippen molar-refractivity contribution in [1.82, 2.24) is 9.97 Å². The monoisotopic (exact) mass is 281 g/mol. The summed E-state index contributed by atoms with van der Waals surface area (Å²) in [6.45, 7) is 0. The van der Waals surface area contributed by atoms with Crippen molar-refractivity contribution >= 4 is 34.0 Å². The number of imidazole rings is 1. The molecule has 21 heavy (non-hydrogen) atoms. The summed E-state index contributed by atoms with van der Waals surface area (Å²) < 4.78 is 0. The fourth-order valence-corrected chi connectivity index (χ4v) is 2.23. The van der Waals surface area contributed by atoms with Gasteiger partial charge in [-0.25, -0.2) is 4.98 Å². The quantitative estimate of drug-likeness (QED) is 0.550. The van der Waals surface area contributed by atoms with Crippen LogP contribution >= 0.6 is 0 Å². The van der Waals surface area contributed by atoms with Crippen LogP contribution in [0.4, 0.5) is 17.1 Å². The Morgan fingerprint density at radius 3 is 2.76 bits per heavy atom. The van der Waals surface area contributed by atoms with Gasteiger partial charge in [0.15, 0.2) is 0 Å². The van der Waals surface area contributed by atoms with Crippen LogP contribution < -0.4 is 16.8 Å². The molecule has 0 atom stereocenters. The number of carbonyl (C=O) groups is 1. The molecule has 6 nitrogen and oxygen atoms in total. The van der Waals surface area contributed by atoms with E-state index in [0.29, 0.717) is 28.1 Å². The van der Waals surface area contributed by atoms with Gasteiger partial charge in [-0.1, -0.05) is 12.1 Å². The average Bonchev–Trinajstić information content (AvgIpc) is 2.93. The highest BCUT2D eigenvalue weighted by Gasteiger charge is 2.13. The van der Waals surface area contributed by atoms with E-state index in [0.717, 1.165) is 5.52 Å². The van der Waals surface area contributed by atoms with Crippen LogP contribution in [0.2, 0.25) is 0 Å². The summed E-state index contributed by atoms with van der Waals surface area (Å²) in [6.07, 6.45) is 1.73. The minimum absolute atomic E-state index is 0.141. The van der Waals surface area contributed by atoms with Crippen LogP contribution in [0.5, 0.6) is 0 Å². The highest BCUT2D eigenvalue weighted by atomic mass is 16.1. The topological polar surface area (TPSA) is 110 Å². The molecular weight excluding hydrogens is 266 g/mol. The van der Waals surface area contributed by atoms with E-state index in [4.69, 9.17) is 11.5 Å². The molecule has 1 heterocycles. The second-order valence-electron chi connectivity index (χ2n) is 4.74. The molecule has 0 unspecified atom stereocenters. The van der Waals surface area contributed by atoms with Crippen molar-refractivity contribution in [3.05, 3.63) is 48.3 Å². The van der Waals surface area contributed by atoms with Crippen LogP contribution in [-0.2, 0) is 11.2 Å². The zero-order valence-corrected chi connectivity index (χ0v) is 11.3. The molecule has 2 aromatic carbocycles. The van der Waals surface area contributed by atoms with E-state index in [1.54, 1.807) is 24.5 Å². The number of aromatic amines is 1. The van der Waals surface area contributed by atoms with Gasteiger partial charge in [0.2, 0.25) is 5.91 Å². The molecule has 3 rings (SSSR count). The van der Waals surface area contributed by atoms with Gasteiger partial charge in [-0.15, -0.1) is 0 Å². The number of nitrogens with one attached hydrogen (secondary N) is 2. The van der Waals surface area contributed by atoms with Crippen LogP contribution in [0.25, 0.3) is 11.0 Å². The Hall–Kier alpha value is -3.02. The van der Waals surface area contributed by atoms with Crippen molar-refractivity contribution in [3.63, 3.8) is 0 Å². The van der Waals surface area contributed by atoms with Gasteiger partial charge in [0.05, 0.1) is 35.2 Å². The summed E-state index contributed by atoms with van der Waals surface area (Å²) in [5.74, 6) is -0.185. The second-order valence-corrected chi connectivity index (χ2v) is 4.74. The number of anilines is 3. The van der Waals surface area contributed by atoms with Crippen LogP contribution in [0.15, 0.2) is 42.7 Å². The number of nitrogen functional groups attached to an aromatic ring is 2. The highest BCUT2D eigenvalue weighted by molar-refractivity contribution is 5.98. The summed E-state index contributed by atoms with van der Waals surface area (Å²) in [7, 11) is 0. The summed E-state index contributed by atoms with van der Waals surface area (Å²) in [5.41, 5.74) is 15.7. The van der Waals surface area contributed by atoms with Gasteiger partial charge >= 0.3 is 0 Å². The molecule has 0 saturated heterocycles. The van der Waals surface area contributed by atoms with Gasteiger partial charge < -0.3 is 21.8 Å². The smallest absolute Gasteiger partial charge is 0.229 e. The zero-order chi connectivity index (χ0) is 14.8. The number of fused-ring (bicyclic) bond motifs is 1. The number of amides is 1. The van der Waals surface area contributed by atoms with E-state index < -0.39 is 0 Å². The Morgan fingerprint density at radius 1 is 1.14 bits per heavy atom. The molecule has 0 aliphatic heterocycles. The fraction of sp³-hybridized carbons (Fsp3) is 0.0667. The van der Waals surface area contributed by atoms with Crippen LogP contribution in [0, 0.1) is 0 Å². The molecule has 0 fully saturated rings.